The van der Waals surface area contributed by atoms with Crippen molar-refractivity contribution in [3.8, 4) is 11.4 Å². The first-order chi connectivity index (χ1) is 12.7. The number of aromatic amines is 1. The monoisotopic (exact) mass is 376 g/mol. The summed E-state index contributed by atoms with van der Waals surface area (Å²) in [4.78, 5) is 10.4. The Bertz CT molecular complexity index is 979. The Kier molecular flexibility index (Phi) is 4.06. The number of aromatic nitrogens is 4. The van der Waals surface area contributed by atoms with Crippen LogP contribution in [0.2, 0.25) is 0 Å². The van der Waals surface area contributed by atoms with Crippen LogP contribution in [0.25, 0.3) is 22.4 Å². The molecule has 1 atom stereocenters. The number of fused-ring (bicyclic) bond motifs is 1. The fourth-order valence-electron chi connectivity index (χ4n) is 3.53. The van der Waals surface area contributed by atoms with Gasteiger partial charge in [-0.25, -0.2) is 9.97 Å². The molecule has 0 aromatic carbocycles. The first-order valence-electron chi connectivity index (χ1n) is 8.66. The molecule has 6 nitrogen and oxygen atoms in total. The van der Waals surface area contributed by atoms with Crippen LogP contribution in [-0.2, 0) is 6.18 Å². The lowest BCUT2D eigenvalue weighted by Gasteiger charge is -2.38. The lowest BCUT2D eigenvalue weighted by Crippen LogP contribution is -2.52. The number of hydrogen-bond donors (Lipinski definition) is 2. The number of nitrogens with two attached hydrogens (primary N) is 1. The van der Waals surface area contributed by atoms with Crippen LogP contribution in [0.15, 0.2) is 30.5 Å². The van der Waals surface area contributed by atoms with Crippen molar-refractivity contribution in [2.24, 2.45) is 5.73 Å². The normalized spacial score (nSPS) is 21.0. The molecule has 27 heavy (non-hydrogen) atoms. The van der Waals surface area contributed by atoms with Gasteiger partial charge < -0.3 is 10.6 Å². The topological polar surface area (TPSA) is 83.7 Å². The van der Waals surface area contributed by atoms with Gasteiger partial charge in [0.2, 0.25) is 0 Å². The maximum Gasteiger partial charge on any atom is 0.418 e. The Morgan fingerprint density at radius 3 is 2.78 bits per heavy atom. The first-order valence-corrected chi connectivity index (χ1v) is 8.66. The van der Waals surface area contributed by atoms with Gasteiger partial charge in [-0.05, 0) is 44.0 Å². The van der Waals surface area contributed by atoms with Gasteiger partial charge in [0.25, 0.3) is 0 Å². The van der Waals surface area contributed by atoms with Gasteiger partial charge in [-0.3, -0.25) is 5.10 Å². The molecule has 142 valence electrons. The molecule has 0 spiro atoms. The third-order valence-electron chi connectivity index (χ3n) is 4.80. The third-order valence-corrected chi connectivity index (χ3v) is 4.80. The van der Waals surface area contributed by atoms with Gasteiger partial charge in [0.05, 0.1) is 5.56 Å². The highest BCUT2D eigenvalue weighted by atomic mass is 19.4. The standard InChI is InChI=1S/C18H19F3N6/c1-17(22)7-3-9-27(10-17)13-6-5-12(18(19,20)21)15(24-13)14-11-4-2-8-23-16(11)26-25-14/h2,4-6,8H,3,7,9-10,22H2,1H3,(H,23,25,26). The number of H-pyrrole nitrogens is 1. The lowest BCUT2D eigenvalue weighted by atomic mass is 9.92. The maximum absolute atomic E-state index is 13.6. The van der Waals surface area contributed by atoms with Gasteiger partial charge in [-0.15, -0.1) is 0 Å². The SMILES string of the molecule is CC1(N)CCCN(c2ccc(C(F)(F)F)c(-c3n[nH]c4ncccc34)n2)C1. The van der Waals surface area contributed by atoms with Gasteiger partial charge in [0.15, 0.2) is 5.65 Å². The number of anilines is 1. The van der Waals surface area contributed by atoms with E-state index in [0.29, 0.717) is 29.9 Å². The van der Waals surface area contributed by atoms with Crippen LogP contribution in [0, 0.1) is 0 Å². The van der Waals surface area contributed by atoms with Crippen molar-refractivity contribution in [2.45, 2.75) is 31.5 Å². The van der Waals surface area contributed by atoms with Gasteiger partial charge in [0, 0.05) is 30.2 Å². The summed E-state index contributed by atoms with van der Waals surface area (Å²) in [5.41, 5.74) is 5.37. The zero-order valence-electron chi connectivity index (χ0n) is 14.7. The second kappa shape index (κ2) is 6.19. The van der Waals surface area contributed by atoms with Crippen molar-refractivity contribution in [3.05, 3.63) is 36.0 Å². The van der Waals surface area contributed by atoms with E-state index in [9.17, 15) is 13.2 Å². The Labute approximate surface area is 153 Å². The average molecular weight is 376 g/mol. The van der Waals surface area contributed by atoms with E-state index in [0.717, 1.165) is 18.9 Å². The number of alkyl halides is 3. The molecule has 4 heterocycles. The average Bonchev–Trinajstić information content (AvgIpc) is 3.03. The van der Waals surface area contributed by atoms with Crippen LogP contribution in [0.1, 0.15) is 25.3 Å². The quantitative estimate of drug-likeness (QED) is 0.717. The number of piperidine rings is 1. The molecule has 0 amide bonds. The molecule has 0 radical (unpaired) electrons. The van der Waals surface area contributed by atoms with Crippen molar-refractivity contribution in [1.82, 2.24) is 20.2 Å². The van der Waals surface area contributed by atoms with E-state index in [-0.39, 0.29) is 11.4 Å². The molecule has 1 saturated heterocycles. The zero-order chi connectivity index (χ0) is 19.2. The fourth-order valence-corrected chi connectivity index (χ4v) is 3.53. The molecule has 0 saturated carbocycles. The van der Waals surface area contributed by atoms with E-state index in [4.69, 9.17) is 5.73 Å². The zero-order valence-corrected chi connectivity index (χ0v) is 14.7. The molecule has 1 aliphatic rings. The molecule has 0 bridgehead atoms. The molecule has 3 aromatic rings. The van der Waals surface area contributed by atoms with Crippen LogP contribution in [-0.4, -0.2) is 38.8 Å². The Morgan fingerprint density at radius 1 is 1.22 bits per heavy atom. The lowest BCUT2D eigenvalue weighted by molar-refractivity contribution is -0.137. The molecule has 3 aromatic heterocycles. The van der Waals surface area contributed by atoms with Crippen molar-refractivity contribution in [1.29, 1.82) is 0 Å². The van der Waals surface area contributed by atoms with Crippen LogP contribution >= 0.6 is 0 Å². The van der Waals surface area contributed by atoms with Crippen molar-refractivity contribution in [3.63, 3.8) is 0 Å². The minimum absolute atomic E-state index is 0.139. The molecular weight excluding hydrogens is 357 g/mol. The van der Waals surface area contributed by atoms with Crippen LogP contribution in [0.3, 0.4) is 0 Å². The minimum Gasteiger partial charge on any atom is -0.355 e. The molecule has 1 fully saturated rings. The summed E-state index contributed by atoms with van der Waals surface area (Å²) < 4.78 is 40.8. The van der Waals surface area contributed by atoms with E-state index in [2.05, 4.69) is 20.2 Å². The summed E-state index contributed by atoms with van der Waals surface area (Å²) in [7, 11) is 0. The number of nitrogens with one attached hydrogen (secondary N) is 1. The van der Waals surface area contributed by atoms with E-state index < -0.39 is 17.3 Å². The van der Waals surface area contributed by atoms with Gasteiger partial charge in [-0.2, -0.15) is 18.3 Å². The highest BCUT2D eigenvalue weighted by Gasteiger charge is 2.37. The molecule has 1 unspecified atom stereocenters. The second-order valence-electron chi connectivity index (χ2n) is 7.21. The van der Waals surface area contributed by atoms with Crippen molar-refractivity contribution in [2.75, 3.05) is 18.0 Å². The summed E-state index contributed by atoms with van der Waals surface area (Å²) in [6, 6.07) is 5.80. The molecule has 4 rings (SSSR count). The third kappa shape index (κ3) is 3.34. The van der Waals surface area contributed by atoms with Crippen molar-refractivity contribution >= 4 is 16.9 Å². The Hall–Kier alpha value is -2.68. The smallest absolute Gasteiger partial charge is 0.355 e. The summed E-state index contributed by atoms with van der Waals surface area (Å²) in [6.07, 6.45) is -1.26. The predicted molar refractivity (Wildman–Crippen MR) is 96.2 cm³/mol. The molecule has 0 aliphatic carbocycles. The summed E-state index contributed by atoms with van der Waals surface area (Å²) in [5, 5.41) is 7.23. The highest BCUT2D eigenvalue weighted by Crippen LogP contribution is 2.38. The first kappa shape index (κ1) is 17.7. The summed E-state index contributed by atoms with van der Waals surface area (Å²) in [5.74, 6) is 0.467. The highest BCUT2D eigenvalue weighted by molar-refractivity contribution is 5.90. The largest absolute Gasteiger partial charge is 0.418 e. The number of hydrogen-bond acceptors (Lipinski definition) is 5. The van der Waals surface area contributed by atoms with Gasteiger partial charge >= 0.3 is 6.18 Å². The summed E-state index contributed by atoms with van der Waals surface area (Å²) in [6.45, 7) is 3.18. The summed E-state index contributed by atoms with van der Waals surface area (Å²) >= 11 is 0. The van der Waals surface area contributed by atoms with E-state index >= 15 is 0 Å². The molecule has 3 N–H and O–H groups in total. The van der Waals surface area contributed by atoms with Crippen LogP contribution < -0.4 is 10.6 Å². The Balaban J connectivity index is 1.85. The number of nitrogens with zero attached hydrogens (tertiary/aromatic N) is 4. The number of pyridine rings is 2. The number of halogens is 3. The molecule has 9 heteroatoms. The molecule has 1 aliphatic heterocycles. The van der Waals surface area contributed by atoms with E-state index in [1.165, 1.54) is 6.07 Å². The Morgan fingerprint density at radius 2 is 2.04 bits per heavy atom. The molecular formula is C18H19F3N6. The van der Waals surface area contributed by atoms with Crippen molar-refractivity contribution < 1.29 is 13.2 Å². The minimum atomic E-state index is -4.54. The van der Waals surface area contributed by atoms with E-state index in [1.54, 1.807) is 18.3 Å². The van der Waals surface area contributed by atoms with E-state index in [1.807, 2.05) is 11.8 Å². The van der Waals surface area contributed by atoms with Gasteiger partial charge in [-0.1, -0.05) is 0 Å². The second-order valence-corrected chi connectivity index (χ2v) is 7.21. The fraction of sp³-hybridized carbons (Fsp3) is 0.389. The predicted octanol–water partition coefficient (Wildman–Crippen LogP) is 3.36. The van der Waals surface area contributed by atoms with Gasteiger partial charge in [0.1, 0.15) is 17.2 Å². The van der Waals surface area contributed by atoms with Crippen LogP contribution in [0.5, 0.6) is 0 Å². The van der Waals surface area contributed by atoms with Crippen LogP contribution in [0.4, 0.5) is 19.0 Å². The number of rotatable bonds is 2. The maximum atomic E-state index is 13.6.